The Morgan fingerprint density at radius 1 is 0.944 bits per heavy atom. The second kappa shape index (κ2) is 4.75. The van der Waals surface area contributed by atoms with Gasteiger partial charge in [-0.25, -0.2) is 0 Å². The van der Waals surface area contributed by atoms with E-state index in [1.54, 1.807) is 6.07 Å². The topological polar surface area (TPSA) is 47.9 Å². The van der Waals surface area contributed by atoms with Gasteiger partial charge in [-0.2, -0.15) is 0 Å². The third kappa shape index (κ3) is 2.20. The first-order valence-corrected chi connectivity index (χ1v) is 6.30. The summed E-state index contributed by atoms with van der Waals surface area (Å²) in [7, 11) is 0. The van der Waals surface area contributed by atoms with Crippen molar-refractivity contribution in [1.82, 2.24) is 15.0 Å². The van der Waals surface area contributed by atoms with Gasteiger partial charge in [-0.1, -0.05) is 0 Å². The van der Waals surface area contributed by atoms with E-state index >= 15 is 0 Å². The van der Waals surface area contributed by atoms with Crippen molar-refractivity contribution in [2.45, 2.75) is 0 Å². The molecule has 0 N–H and O–H groups in total. The number of hydrogen-bond donors (Lipinski definition) is 0. The Balaban J connectivity index is 2.01. The van der Waals surface area contributed by atoms with Crippen LogP contribution in [0.1, 0.15) is 0 Å². The first-order chi connectivity index (χ1) is 8.83. The van der Waals surface area contributed by atoms with Gasteiger partial charge in [0.15, 0.2) is 0 Å². The van der Waals surface area contributed by atoms with Crippen molar-refractivity contribution < 1.29 is 4.74 Å². The summed E-state index contributed by atoms with van der Waals surface area (Å²) in [4.78, 5) is 12.7. The van der Waals surface area contributed by atoms with E-state index in [4.69, 9.17) is 4.74 Å². The number of hydrogen-bond acceptors (Lipinski definition) is 4. The average Bonchev–Trinajstić information content (AvgIpc) is 2.41. The normalized spacial score (nSPS) is 10.5. The van der Waals surface area contributed by atoms with Gasteiger partial charge in [0, 0.05) is 0 Å². The molecule has 5 heteroatoms. The predicted octanol–water partition coefficient (Wildman–Crippen LogP) is 1.61. The Morgan fingerprint density at radius 3 is 2.61 bits per heavy atom. The molecule has 4 nitrogen and oxygen atoms in total. The van der Waals surface area contributed by atoms with Crippen LogP contribution in [0.5, 0.6) is 11.6 Å². The second-order valence-corrected chi connectivity index (χ2v) is 4.52. The van der Waals surface area contributed by atoms with Gasteiger partial charge in [0.05, 0.1) is 0 Å². The summed E-state index contributed by atoms with van der Waals surface area (Å²) < 4.78 is 6.45. The van der Waals surface area contributed by atoms with Crippen LogP contribution >= 0.6 is 0 Å². The summed E-state index contributed by atoms with van der Waals surface area (Å²) in [6.07, 6.45) is 1.52. The molecular formula is C13H8AsN3O. The summed E-state index contributed by atoms with van der Waals surface area (Å²) in [5, 5.41) is 0. The van der Waals surface area contributed by atoms with Gasteiger partial charge in [0.2, 0.25) is 0 Å². The molecule has 0 spiro atoms. The van der Waals surface area contributed by atoms with E-state index in [0.29, 0.717) is 5.88 Å². The van der Waals surface area contributed by atoms with Crippen LogP contribution in [0.25, 0.3) is 11.0 Å². The van der Waals surface area contributed by atoms with E-state index < -0.39 is 0 Å². The standard InChI is InChI=1S/C13H8AsN3O/c14-13-12-10(15-8-16-13)6-7-11(17-12)18-9-4-2-1-3-5-9/h1-8H. The first-order valence-electron chi connectivity index (χ1n) is 5.36. The molecule has 3 rings (SSSR count). The molecule has 2 aromatic heterocycles. The number of rotatable bonds is 2. The molecule has 2 radical (unpaired) electrons. The molecule has 0 aliphatic rings. The van der Waals surface area contributed by atoms with E-state index in [9.17, 15) is 0 Å². The molecule has 0 bridgehead atoms. The minimum absolute atomic E-state index is 0.538. The molecule has 1 aromatic carbocycles. The monoisotopic (exact) mass is 297 g/mol. The fourth-order valence-electron chi connectivity index (χ4n) is 1.58. The van der Waals surface area contributed by atoms with Crippen LogP contribution < -0.4 is 9.22 Å². The van der Waals surface area contributed by atoms with Crippen molar-refractivity contribution in [1.29, 1.82) is 0 Å². The van der Waals surface area contributed by atoms with Crippen LogP contribution in [0.15, 0.2) is 48.8 Å². The van der Waals surface area contributed by atoms with E-state index in [-0.39, 0.29) is 0 Å². The van der Waals surface area contributed by atoms with Gasteiger partial charge in [0.25, 0.3) is 0 Å². The van der Waals surface area contributed by atoms with Gasteiger partial charge < -0.3 is 0 Å². The number of ether oxygens (including phenoxy) is 1. The Morgan fingerprint density at radius 2 is 1.78 bits per heavy atom. The van der Waals surface area contributed by atoms with Crippen molar-refractivity contribution in [2.24, 2.45) is 0 Å². The maximum atomic E-state index is 5.67. The Bertz CT molecular complexity index is 688. The fourth-order valence-corrected chi connectivity index (χ4v) is 2.03. The van der Waals surface area contributed by atoms with Crippen molar-refractivity contribution in [3.63, 3.8) is 0 Å². The van der Waals surface area contributed by atoms with Crippen LogP contribution in [-0.4, -0.2) is 31.8 Å². The summed E-state index contributed by atoms with van der Waals surface area (Å²) in [5.41, 5.74) is 1.55. The predicted molar refractivity (Wildman–Crippen MR) is 69.2 cm³/mol. The molecule has 0 saturated heterocycles. The Labute approximate surface area is 113 Å². The van der Waals surface area contributed by atoms with Crippen LogP contribution in [0.3, 0.4) is 0 Å². The molecule has 3 aromatic rings. The number of fused-ring (bicyclic) bond motifs is 1. The maximum absolute atomic E-state index is 5.67. The molecule has 0 saturated carbocycles. The van der Waals surface area contributed by atoms with Gasteiger partial charge >= 0.3 is 112 Å². The summed E-state index contributed by atoms with van der Waals surface area (Å²) in [6, 6.07) is 13.2. The minimum atomic E-state index is 0.538. The SMILES string of the molecule is [As]c1ncnc2ccc(Oc3ccccc3)nc12. The van der Waals surface area contributed by atoms with Crippen molar-refractivity contribution in [2.75, 3.05) is 0 Å². The first kappa shape index (κ1) is 11.2. The Kier molecular flexibility index (Phi) is 2.95. The number of pyridine rings is 1. The molecule has 0 fully saturated rings. The zero-order chi connectivity index (χ0) is 12.4. The Hall–Kier alpha value is -1.93. The number of nitrogens with zero attached hydrogens (tertiary/aromatic N) is 3. The van der Waals surface area contributed by atoms with Gasteiger partial charge in [-0.15, -0.1) is 0 Å². The molecule has 2 heterocycles. The van der Waals surface area contributed by atoms with Crippen molar-refractivity contribution in [3.8, 4) is 11.6 Å². The van der Waals surface area contributed by atoms with Crippen LogP contribution in [0.2, 0.25) is 0 Å². The zero-order valence-corrected chi connectivity index (χ0v) is 11.2. The number of para-hydroxylation sites is 1. The summed E-state index contributed by atoms with van der Waals surface area (Å²) in [6.45, 7) is 0. The molecule has 18 heavy (non-hydrogen) atoms. The van der Waals surface area contributed by atoms with Crippen LogP contribution in [0.4, 0.5) is 0 Å². The summed E-state index contributed by atoms with van der Waals surface area (Å²) in [5.74, 6) is 1.30. The fraction of sp³-hybridized carbons (Fsp3) is 0. The van der Waals surface area contributed by atoms with E-state index in [2.05, 4.69) is 31.8 Å². The molecule has 0 unspecified atom stereocenters. The van der Waals surface area contributed by atoms with Crippen LogP contribution in [0, 0.1) is 0 Å². The number of benzene rings is 1. The molecular weight excluding hydrogens is 289 g/mol. The molecule has 0 amide bonds. The average molecular weight is 297 g/mol. The third-order valence-electron chi connectivity index (χ3n) is 2.40. The van der Waals surface area contributed by atoms with Gasteiger partial charge in [0.1, 0.15) is 0 Å². The summed E-state index contributed by atoms with van der Waals surface area (Å²) >= 11 is 2.39. The third-order valence-corrected chi connectivity index (χ3v) is 3.09. The second-order valence-electron chi connectivity index (χ2n) is 3.63. The van der Waals surface area contributed by atoms with Crippen molar-refractivity contribution >= 4 is 32.4 Å². The van der Waals surface area contributed by atoms with E-state index in [0.717, 1.165) is 21.3 Å². The number of aromatic nitrogens is 3. The molecule has 0 aliphatic heterocycles. The quantitative estimate of drug-likeness (QED) is 0.674. The molecule has 0 aliphatic carbocycles. The molecule has 86 valence electrons. The van der Waals surface area contributed by atoms with Gasteiger partial charge in [-0.05, 0) is 0 Å². The van der Waals surface area contributed by atoms with Gasteiger partial charge in [-0.3, -0.25) is 0 Å². The molecule has 0 atom stereocenters. The van der Waals surface area contributed by atoms with Crippen molar-refractivity contribution in [3.05, 3.63) is 48.8 Å². The zero-order valence-electron chi connectivity index (χ0n) is 9.32. The van der Waals surface area contributed by atoms with Crippen LogP contribution in [-0.2, 0) is 0 Å². The van der Waals surface area contributed by atoms with E-state index in [1.165, 1.54) is 6.33 Å². The van der Waals surface area contributed by atoms with E-state index in [1.807, 2.05) is 36.4 Å².